The number of amidine groups is 1. The average molecular weight is 472 g/mol. The molecule has 0 amide bonds. The summed E-state index contributed by atoms with van der Waals surface area (Å²) in [6.45, 7) is 0.792. The summed E-state index contributed by atoms with van der Waals surface area (Å²) in [6, 6.07) is 16.4. The van der Waals surface area contributed by atoms with Crippen LogP contribution in [0.15, 0.2) is 93.6 Å². The first kappa shape index (κ1) is 23.2. The maximum atomic E-state index is 9.22. The zero-order valence-corrected chi connectivity index (χ0v) is 17.7. The minimum atomic E-state index is -0.00736. The Morgan fingerprint density at radius 3 is 2.60 bits per heavy atom. The number of aliphatic hydroxyl groups excluding tert-OH is 2. The van der Waals surface area contributed by atoms with Crippen molar-refractivity contribution in [1.82, 2.24) is 9.55 Å². The number of hydrogen-bond donors (Lipinski definition) is 2. The Hall–Kier alpha value is -3.08. The summed E-state index contributed by atoms with van der Waals surface area (Å²) in [5.74, 6) is 0.810. The fourth-order valence-electron chi connectivity index (χ4n) is 2.52. The molecule has 0 saturated carbocycles. The minimum Gasteiger partial charge on any atom is -1.00 e. The van der Waals surface area contributed by atoms with Gasteiger partial charge >= 0.3 is 5.82 Å². The highest BCUT2D eigenvalue weighted by Gasteiger charge is 2.11. The van der Waals surface area contributed by atoms with E-state index in [1.165, 1.54) is 0 Å². The van der Waals surface area contributed by atoms with Crippen molar-refractivity contribution < 1.29 is 31.8 Å². The molecule has 0 aromatic carbocycles. The van der Waals surface area contributed by atoms with Crippen LogP contribution in [-0.4, -0.2) is 38.8 Å². The van der Waals surface area contributed by atoms with Gasteiger partial charge in [0.2, 0.25) is 5.84 Å². The minimum absolute atomic E-state index is 0. The van der Waals surface area contributed by atoms with E-state index in [1.54, 1.807) is 39.6 Å². The Bertz CT molecular complexity index is 1050. The standard InChI is InChI=1S/C20H22N7O2.BrH/c28-15-13-26-11-5-2-8-18(26)22-24-20(17-7-1-4-10-21-17)25-23-19-9-3-6-12-27(19)14-16-29;/h1-12,28-29H,13-16H2;1H/q+1;/p-1. The van der Waals surface area contributed by atoms with Crippen LogP contribution in [0.5, 0.6) is 0 Å². The predicted octanol–water partition coefficient (Wildman–Crippen LogP) is -1.79. The highest BCUT2D eigenvalue weighted by atomic mass is 79.9. The molecular weight excluding hydrogens is 450 g/mol. The van der Waals surface area contributed by atoms with Crippen molar-refractivity contribution in [3.63, 3.8) is 0 Å². The molecule has 0 bridgehead atoms. The molecule has 0 aliphatic heterocycles. The van der Waals surface area contributed by atoms with Crippen LogP contribution in [0.25, 0.3) is 0 Å². The molecule has 3 aromatic rings. The molecule has 30 heavy (non-hydrogen) atoms. The van der Waals surface area contributed by atoms with E-state index in [-0.39, 0.29) is 36.0 Å². The molecular formula is C20H22BrN7O2. The van der Waals surface area contributed by atoms with Gasteiger partial charge < -0.3 is 31.8 Å². The lowest BCUT2D eigenvalue weighted by Crippen LogP contribution is -3.00. The molecule has 0 saturated heterocycles. The van der Waals surface area contributed by atoms with E-state index in [9.17, 15) is 10.2 Å². The van der Waals surface area contributed by atoms with Crippen LogP contribution in [0.4, 0.5) is 5.82 Å². The monoisotopic (exact) mass is 471 g/mol. The normalized spacial score (nSPS) is 12.2. The Morgan fingerprint density at radius 2 is 1.83 bits per heavy atom. The predicted molar refractivity (Wildman–Crippen MR) is 106 cm³/mol. The smallest absolute Gasteiger partial charge is 0.350 e. The first-order valence-corrected chi connectivity index (χ1v) is 9.12. The molecule has 2 N–H and O–H groups in total. The van der Waals surface area contributed by atoms with Crippen LogP contribution in [0.2, 0.25) is 0 Å². The van der Waals surface area contributed by atoms with Gasteiger partial charge in [-0.25, -0.2) is 4.57 Å². The molecule has 3 aromatic heterocycles. The van der Waals surface area contributed by atoms with Crippen molar-refractivity contribution in [2.75, 3.05) is 13.2 Å². The Balaban J connectivity index is 0.00000320. The Kier molecular flexibility index (Phi) is 9.65. The second-order valence-corrected chi connectivity index (χ2v) is 5.89. The van der Waals surface area contributed by atoms with E-state index >= 15 is 0 Å². The molecule has 0 fully saturated rings. The third kappa shape index (κ3) is 6.48. The summed E-state index contributed by atoms with van der Waals surface area (Å²) in [6.07, 6.45) is 5.27. The van der Waals surface area contributed by atoms with Gasteiger partial charge in [0, 0.05) is 25.0 Å². The van der Waals surface area contributed by atoms with Gasteiger partial charge in [0.15, 0.2) is 5.49 Å². The lowest BCUT2D eigenvalue weighted by Gasteiger charge is -2.03. The number of nitrogens with zero attached hydrogens (tertiary/aromatic N) is 7. The number of azo groups is 1. The van der Waals surface area contributed by atoms with Crippen LogP contribution in [0.3, 0.4) is 0 Å². The summed E-state index contributed by atoms with van der Waals surface area (Å²) in [4.78, 5) is 4.28. The van der Waals surface area contributed by atoms with Gasteiger partial charge in [-0.05, 0) is 35.4 Å². The van der Waals surface area contributed by atoms with Crippen LogP contribution < -0.4 is 27.0 Å². The van der Waals surface area contributed by atoms with Crippen LogP contribution in [0.1, 0.15) is 5.69 Å². The summed E-state index contributed by atoms with van der Waals surface area (Å²) in [5, 5.41) is 35.5. The van der Waals surface area contributed by atoms with Crippen LogP contribution in [0, 0.1) is 0 Å². The Morgan fingerprint density at radius 1 is 1.00 bits per heavy atom. The van der Waals surface area contributed by atoms with E-state index in [2.05, 4.69) is 25.4 Å². The summed E-state index contributed by atoms with van der Waals surface area (Å²) < 4.78 is 3.56. The molecule has 0 unspecified atom stereocenters. The largest absolute Gasteiger partial charge is 1.00 e. The third-order valence-corrected chi connectivity index (χ3v) is 3.90. The van der Waals surface area contributed by atoms with Crippen molar-refractivity contribution in [1.29, 1.82) is 0 Å². The zero-order chi connectivity index (χ0) is 20.3. The van der Waals surface area contributed by atoms with Crippen molar-refractivity contribution in [2.45, 2.75) is 13.1 Å². The van der Waals surface area contributed by atoms with E-state index in [4.69, 9.17) is 0 Å². The van der Waals surface area contributed by atoms with E-state index in [0.29, 0.717) is 30.1 Å². The number of pyridine rings is 3. The molecule has 9 nitrogen and oxygen atoms in total. The number of aliphatic hydroxyl groups is 2. The van der Waals surface area contributed by atoms with Gasteiger partial charge in [-0.1, -0.05) is 18.2 Å². The van der Waals surface area contributed by atoms with Gasteiger partial charge in [0.25, 0.3) is 0 Å². The average Bonchev–Trinajstić information content (AvgIpc) is 2.77. The lowest BCUT2D eigenvalue weighted by atomic mass is 10.3. The molecule has 0 radical (unpaired) electrons. The van der Waals surface area contributed by atoms with E-state index in [0.717, 1.165) is 0 Å². The van der Waals surface area contributed by atoms with Gasteiger partial charge in [-0.3, -0.25) is 4.98 Å². The number of hydrogen-bond acceptors (Lipinski definition) is 6. The Labute approximate surface area is 184 Å². The molecule has 0 spiro atoms. The fourth-order valence-corrected chi connectivity index (χ4v) is 2.52. The number of rotatable bonds is 7. The van der Waals surface area contributed by atoms with E-state index < -0.39 is 0 Å². The fraction of sp³-hybridized carbons (Fsp3) is 0.200. The molecule has 3 heterocycles. The molecule has 0 aliphatic rings. The van der Waals surface area contributed by atoms with Crippen LogP contribution in [-0.2, 0) is 13.1 Å². The first-order chi connectivity index (χ1) is 14.3. The maximum Gasteiger partial charge on any atom is 0.350 e. The SMILES string of the molecule is OCCn1ccccc1=NN=C(N=Nc1cccc[n+]1CCO)c1ccccn1.[Br-]. The molecule has 0 atom stereocenters. The topological polar surface area (TPSA) is 112 Å². The second-order valence-electron chi connectivity index (χ2n) is 5.89. The van der Waals surface area contributed by atoms with Crippen LogP contribution >= 0.6 is 0 Å². The van der Waals surface area contributed by atoms with Gasteiger partial charge in [-0.15, -0.1) is 10.2 Å². The molecule has 3 rings (SSSR count). The third-order valence-electron chi connectivity index (χ3n) is 3.90. The molecule has 10 heteroatoms. The summed E-state index contributed by atoms with van der Waals surface area (Å²) in [7, 11) is 0. The number of halogens is 1. The maximum absolute atomic E-state index is 9.22. The lowest BCUT2D eigenvalue weighted by molar-refractivity contribution is -0.685. The zero-order valence-electron chi connectivity index (χ0n) is 16.2. The quantitative estimate of drug-likeness (QED) is 0.139. The van der Waals surface area contributed by atoms with Crippen molar-refractivity contribution >= 4 is 11.7 Å². The van der Waals surface area contributed by atoms with E-state index in [1.807, 2.05) is 42.7 Å². The highest BCUT2D eigenvalue weighted by molar-refractivity contribution is 5.97. The summed E-state index contributed by atoms with van der Waals surface area (Å²) in [5.41, 5.74) is 1.09. The molecule has 0 aliphatic carbocycles. The molecule has 156 valence electrons. The number of aromatic nitrogens is 3. The summed E-state index contributed by atoms with van der Waals surface area (Å²) >= 11 is 0. The van der Waals surface area contributed by atoms with Crippen molar-refractivity contribution in [3.8, 4) is 0 Å². The first-order valence-electron chi connectivity index (χ1n) is 9.12. The van der Waals surface area contributed by atoms with Gasteiger partial charge in [-0.2, -0.15) is 0 Å². The van der Waals surface area contributed by atoms with Gasteiger partial charge in [0.05, 0.1) is 24.5 Å². The van der Waals surface area contributed by atoms with Crippen molar-refractivity contribution in [3.05, 3.63) is 84.4 Å². The van der Waals surface area contributed by atoms with Gasteiger partial charge in [0.1, 0.15) is 12.2 Å². The van der Waals surface area contributed by atoms with Crippen molar-refractivity contribution in [2.24, 2.45) is 20.4 Å². The highest BCUT2D eigenvalue weighted by Crippen LogP contribution is 2.07. The second kappa shape index (κ2) is 12.5.